The van der Waals surface area contributed by atoms with E-state index >= 15 is 0 Å². The summed E-state index contributed by atoms with van der Waals surface area (Å²) < 4.78 is 5.68. The zero-order valence-corrected chi connectivity index (χ0v) is 10.1. The molecule has 2 unspecified atom stereocenters. The second-order valence-electron chi connectivity index (χ2n) is 5.35. The minimum atomic E-state index is -0.402. The van der Waals surface area contributed by atoms with Crippen molar-refractivity contribution in [1.29, 1.82) is 0 Å². The summed E-state index contributed by atoms with van der Waals surface area (Å²) in [5, 5.41) is 3.04. The summed E-state index contributed by atoms with van der Waals surface area (Å²) in [6, 6.07) is -0.217. The Labute approximate surface area is 96.9 Å². The molecule has 16 heavy (non-hydrogen) atoms. The molecule has 0 aromatic carbocycles. The zero-order chi connectivity index (χ0) is 11.7. The van der Waals surface area contributed by atoms with E-state index in [-0.39, 0.29) is 24.0 Å². The Hall–Kier alpha value is -0.610. The largest absolute Gasteiger partial charge is 0.376 e. The summed E-state index contributed by atoms with van der Waals surface area (Å²) in [4.78, 5) is 11.8. The number of ether oxygens (including phenoxy) is 1. The van der Waals surface area contributed by atoms with Crippen molar-refractivity contribution in [2.75, 3.05) is 6.61 Å². The molecule has 0 aromatic heterocycles. The number of nitrogens with one attached hydrogen (secondary N) is 1. The monoisotopic (exact) mass is 226 g/mol. The standard InChI is InChI=1S/C12H22N2O2/c1-7(2)10(13)12(15)14-9-5-6-16-11(9)8-3-4-8/h7-11H,3-6,13H2,1-2H3,(H,14,15)/t9?,10-,11?/m1/s1. The number of hydrogen-bond donors (Lipinski definition) is 2. The molecule has 3 N–H and O–H groups in total. The lowest BCUT2D eigenvalue weighted by Crippen LogP contribution is -2.50. The van der Waals surface area contributed by atoms with Gasteiger partial charge in [-0.3, -0.25) is 4.79 Å². The minimum absolute atomic E-state index is 0.0313. The predicted octanol–water partition coefficient (Wildman–Crippen LogP) is 0.653. The van der Waals surface area contributed by atoms with Crippen molar-refractivity contribution < 1.29 is 9.53 Å². The van der Waals surface area contributed by atoms with Crippen LogP contribution in [0, 0.1) is 11.8 Å². The van der Waals surface area contributed by atoms with Crippen LogP contribution in [-0.2, 0) is 9.53 Å². The molecule has 1 heterocycles. The molecule has 4 nitrogen and oxygen atoms in total. The van der Waals surface area contributed by atoms with Crippen LogP contribution in [0.3, 0.4) is 0 Å². The molecular formula is C12H22N2O2. The lowest BCUT2D eigenvalue weighted by atomic mass is 10.0. The first-order valence-electron chi connectivity index (χ1n) is 6.27. The van der Waals surface area contributed by atoms with Gasteiger partial charge in [0.25, 0.3) is 0 Å². The second kappa shape index (κ2) is 4.72. The Morgan fingerprint density at radius 2 is 2.06 bits per heavy atom. The summed E-state index contributed by atoms with van der Waals surface area (Å²) in [5.74, 6) is 0.820. The van der Waals surface area contributed by atoms with Crippen molar-refractivity contribution in [2.45, 2.75) is 51.3 Å². The van der Waals surface area contributed by atoms with E-state index in [0.717, 1.165) is 13.0 Å². The zero-order valence-electron chi connectivity index (χ0n) is 10.1. The minimum Gasteiger partial charge on any atom is -0.376 e. The Kier molecular flexibility index (Phi) is 3.50. The van der Waals surface area contributed by atoms with Gasteiger partial charge in [-0.25, -0.2) is 0 Å². The number of carbonyl (C=O) groups is 1. The molecule has 1 saturated carbocycles. The average Bonchev–Trinajstić information content (AvgIpc) is 2.99. The molecule has 1 aliphatic heterocycles. The maximum absolute atomic E-state index is 11.8. The van der Waals surface area contributed by atoms with Gasteiger partial charge in [0.1, 0.15) is 0 Å². The van der Waals surface area contributed by atoms with Gasteiger partial charge in [-0.2, -0.15) is 0 Å². The topological polar surface area (TPSA) is 64.4 Å². The van der Waals surface area contributed by atoms with Crippen LogP contribution in [0.4, 0.5) is 0 Å². The Morgan fingerprint density at radius 1 is 1.38 bits per heavy atom. The van der Waals surface area contributed by atoms with Gasteiger partial charge in [0, 0.05) is 6.61 Å². The van der Waals surface area contributed by atoms with Crippen LogP contribution in [0.15, 0.2) is 0 Å². The third-order valence-electron chi connectivity index (χ3n) is 3.57. The van der Waals surface area contributed by atoms with Gasteiger partial charge >= 0.3 is 0 Å². The summed E-state index contributed by atoms with van der Waals surface area (Å²) in [6.45, 7) is 4.70. The van der Waals surface area contributed by atoms with E-state index in [2.05, 4.69) is 5.32 Å². The molecule has 92 valence electrons. The molecule has 0 spiro atoms. The summed E-state index contributed by atoms with van der Waals surface area (Å²) in [5.41, 5.74) is 5.82. The van der Waals surface area contributed by atoms with Gasteiger partial charge in [-0.1, -0.05) is 13.8 Å². The van der Waals surface area contributed by atoms with Crippen LogP contribution in [0.5, 0.6) is 0 Å². The van der Waals surface area contributed by atoms with Crippen molar-refractivity contribution in [3.63, 3.8) is 0 Å². The molecule has 3 atom stereocenters. The highest BCUT2D eigenvalue weighted by atomic mass is 16.5. The van der Waals surface area contributed by atoms with Crippen LogP contribution in [-0.4, -0.2) is 30.7 Å². The molecule has 2 rings (SSSR count). The third kappa shape index (κ3) is 2.55. The maximum Gasteiger partial charge on any atom is 0.237 e. The van der Waals surface area contributed by atoms with E-state index in [1.165, 1.54) is 12.8 Å². The lowest BCUT2D eigenvalue weighted by molar-refractivity contribution is -0.124. The van der Waals surface area contributed by atoms with Gasteiger partial charge in [0.05, 0.1) is 18.2 Å². The van der Waals surface area contributed by atoms with Crippen molar-refractivity contribution >= 4 is 5.91 Å². The number of carbonyl (C=O) groups excluding carboxylic acids is 1. The first-order valence-corrected chi connectivity index (χ1v) is 6.27. The van der Waals surface area contributed by atoms with E-state index < -0.39 is 6.04 Å². The van der Waals surface area contributed by atoms with Gasteiger partial charge in [0.2, 0.25) is 5.91 Å². The Balaban J connectivity index is 1.86. The first-order chi connectivity index (χ1) is 7.59. The molecule has 4 heteroatoms. The van der Waals surface area contributed by atoms with E-state index in [0.29, 0.717) is 5.92 Å². The Morgan fingerprint density at radius 3 is 2.62 bits per heavy atom. The smallest absolute Gasteiger partial charge is 0.237 e. The molecule has 0 bridgehead atoms. The molecule has 2 aliphatic rings. The second-order valence-corrected chi connectivity index (χ2v) is 5.35. The SMILES string of the molecule is CC(C)[C@@H](N)C(=O)NC1CCOC1C1CC1. The summed E-state index contributed by atoms with van der Waals surface area (Å²) in [7, 11) is 0. The van der Waals surface area contributed by atoms with Crippen molar-refractivity contribution in [1.82, 2.24) is 5.32 Å². The number of hydrogen-bond acceptors (Lipinski definition) is 3. The van der Waals surface area contributed by atoms with Gasteiger partial charge in [-0.05, 0) is 31.1 Å². The van der Waals surface area contributed by atoms with Crippen LogP contribution >= 0.6 is 0 Å². The molecule has 1 amide bonds. The normalized spacial score (nSPS) is 31.8. The average molecular weight is 226 g/mol. The van der Waals surface area contributed by atoms with Gasteiger partial charge < -0.3 is 15.8 Å². The molecule has 0 radical (unpaired) electrons. The highest BCUT2D eigenvalue weighted by Gasteiger charge is 2.41. The number of amides is 1. The van der Waals surface area contributed by atoms with Crippen LogP contribution < -0.4 is 11.1 Å². The molecule has 2 fully saturated rings. The summed E-state index contributed by atoms with van der Waals surface area (Å²) in [6.07, 6.45) is 3.65. The van der Waals surface area contributed by atoms with Crippen molar-refractivity contribution in [3.8, 4) is 0 Å². The molecule has 1 saturated heterocycles. The van der Waals surface area contributed by atoms with Crippen LogP contribution in [0.2, 0.25) is 0 Å². The molecular weight excluding hydrogens is 204 g/mol. The fraction of sp³-hybridized carbons (Fsp3) is 0.917. The van der Waals surface area contributed by atoms with Crippen molar-refractivity contribution in [2.24, 2.45) is 17.6 Å². The summed E-state index contributed by atoms with van der Waals surface area (Å²) >= 11 is 0. The van der Waals surface area contributed by atoms with E-state index in [1.807, 2.05) is 13.8 Å². The lowest BCUT2D eigenvalue weighted by Gasteiger charge is -2.22. The fourth-order valence-electron chi connectivity index (χ4n) is 2.24. The first kappa shape index (κ1) is 11.9. The van der Waals surface area contributed by atoms with E-state index in [1.54, 1.807) is 0 Å². The van der Waals surface area contributed by atoms with E-state index in [4.69, 9.17) is 10.5 Å². The Bertz CT molecular complexity index is 264. The molecule has 0 aromatic rings. The predicted molar refractivity (Wildman–Crippen MR) is 61.8 cm³/mol. The van der Waals surface area contributed by atoms with E-state index in [9.17, 15) is 4.79 Å². The highest BCUT2D eigenvalue weighted by molar-refractivity contribution is 5.82. The number of rotatable bonds is 4. The maximum atomic E-state index is 11.8. The van der Waals surface area contributed by atoms with Gasteiger partial charge in [0.15, 0.2) is 0 Å². The van der Waals surface area contributed by atoms with Crippen LogP contribution in [0.1, 0.15) is 33.1 Å². The van der Waals surface area contributed by atoms with Crippen LogP contribution in [0.25, 0.3) is 0 Å². The van der Waals surface area contributed by atoms with Gasteiger partial charge in [-0.15, -0.1) is 0 Å². The third-order valence-corrected chi connectivity index (χ3v) is 3.57. The highest BCUT2D eigenvalue weighted by Crippen LogP contribution is 2.38. The molecule has 1 aliphatic carbocycles. The quantitative estimate of drug-likeness (QED) is 0.740. The fourth-order valence-corrected chi connectivity index (χ4v) is 2.24. The number of nitrogens with two attached hydrogens (primary N) is 1. The van der Waals surface area contributed by atoms with Crippen molar-refractivity contribution in [3.05, 3.63) is 0 Å².